The number of hydrogen-bond donors (Lipinski definition) is 2. The Morgan fingerprint density at radius 1 is 1.37 bits per heavy atom. The molecule has 0 saturated heterocycles. The molecule has 0 spiro atoms. The smallest absolute Gasteiger partial charge is 0.124 e. The van der Waals surface area contributed by atoms with Crippen LogP contribution in [0.1, 0.15) is 24.4 Å². The molecule has 3 nitrogen and oxygen atoms in total. The van der Waals surface area contributed by atoms with Gasteiger partial charge in [0.1, 0.15) is 10.8 Å². The van der Waals surface area contributed by atoms with Gasteiger partial charge in [-0.25, -0.2) is 4.98 Å². The second kappa shape index (κ2) is 6.17. The lowest BCUT2D eigenvalue weighted by atomic mass is 10.2. The largest absolute Gasteiger partial charge is 0.508 e. The number of benzene rings is 1. The van der Waals surface area contributed by atoms with Crippen LogP contribution in [-0.4, -0.2) is 16.6 Å². The molecule has 1 aromatic heterocycles. The van der Waals surface area contributed by atoms with Gasteiger partial charge < -0.3 is 10.4 Å². The quantitative estimate of drug-likeness (QED) is 0.877. The predicted octanol–water partition coefficient (Wildman–Crippen LogP) is 3.57. The van der Waals surface area contributed by atoms with Crippen LogP contribution in [0, 0.1) is 12.8 Å². The van der Waals surface area contributed by atoms with Crippen molar-refractivity contribution in [2.24, 2.45) is 5.92 Å². The van der Waals surface area contributed by atoms with Crippen LogP contribution in [0.4, 0.5) is 0 Å². The second-order valence-corrected chi connectivity index (χ2v) is 6.19. The van der Waals surface area contributed by atoms with Crippen LogP contribution in [0.5, 0.6) is 5.75 Å². The first-order valence-electron chi connectivity index (χ1n) is 6.52. The fourth-order valence-electron chi connectivity index (χ4n) is 1.83. The Kier molecular flexibility index (Phi) is 4.56. The zero-order valence-electron chi connectivity index (χ0n) is 11.6. The molecule has 0 amide bonds. The van der Waals surface area contributed by atoms with Crippen molar-refractivity contribution in [1.82, 2.24) is 10.3 Å². The third-order valence-electron chi connectivity index (χ3n) is 2.82. The van der Waals surface area contributed by atoms with E-state index in [9.17, 15) is 5.11 Å². The Hall–Kier alpha value is -1.39. The van der Waals surface area contributed by atoms with E-state index in [1.807, 2.05) is 19.1 Å². The summed E-state index contributed by atoms with van der Waals surface area (Å²) in [6.45, 7) is 8.31. The molecule has 0 radical (unpaired) electrons. The van der Waals surface area contributed by atoms with Crippen molar-refractivity contribution < 1.29 is 5.11 Å². The number of nitrogens with one attached hydrogen (secondary N) is 1. The van der Waals surface area contributed by atoms with Crippen LogP contribution in [0.15, 0.2) is 24.3 Å². The van der Waals surface area contributed by atoms with E-state index in [-0.39, 0.29) is 5.75 Å². The molecule has 4 heteroatoms. The van der Waals surface area contributed by atoms with Crippen LogP contribution in [0.2, 0.25) is 0 Å². The molecule has 2 rings (SSSR count). The highest BCUT2D eigenvalue weighted by molar-refractivity contribution is 7.15. The van der Waals surface area contributed by atoms with Gasteiger partial charge in [0.25, 0.3) is 0 Å². The Balaban J connectivity index is 2.12. The summed E-state index contributed by atoms with van der Waals surface area (Å²) in [6, 6.07) is 7.25. The highest BCUT2D eigenvalue weighted by Crippen LogP contribution is 2.29. The zero-order valence-corrected chi connectivity index (χ0v) is 12.4. The third kappa shape index (κ3) is 3.78. The van der Waals surface area contributed by atoms with Crippen LogP contribution in [-0.2, 0) is 6.54 Å². The van der Waals surface area contributed by atoms with Gasteiger partial charge in [-0.05, 0) is 31.5 Å². The van der Waals surface area contributed by atoms with Gasteiger partial charge in [0.05, 0.1) is 5.69 Å². The highest BCUT2D eigenvalue weighted by Gasteiger charge is 2.09. The topological polar surface area (TPSA) is 45.2 Å². The molecule has 0 saturated carbocycles. The van der Waals surface area contributed by atoms with Gasteiger partial charge >= 0.3 is 0 Å². The summed E-state index contributed by atoms with van der Waals surface area (Å²) in [7, 11) is 0. The van der Waals surface area contributed by atoms with Crippen LogP contribution >= 0.6 is 11.3 Å². The summed E-state index contributed by atoms with van der Waals surface area (Å²) >= 11 is 1.69. The maximum absolute atomic E-state index is 9.52. The molecule has 0 bridgehead atoms. The first-order valence-corrected chi connectivity index (χ1v) is 7.34. The monoisotopic (exact) mass is 276 g/mol. The van der Waals surface area contributed by atoms with E-state index in [1.54, 1.807) is 23.5 Å². The van der Waals surface area contributed by atoms with Gasteiger partial charge in [0.15, 0.2) is 0 Å². The average Bonchev–Trinajstić information content (AvgIpc) is 2.71. The van der Waals surface area contributed by atoms with Gasteiger partial charge in [-0.1, -0.05) is 26.0 Å². The summed E-state index contributed by atoms with van der Waals surface area (Å²) in [5.41, 5.74) is 2.04. The number of rotatable bonds is 5. The Morgan fingerprint density at radius 2 is 2.16 bits per heavy atom. The fourth-order valence-corrected chi connectivity index (χ4v) is 2.86. The summed E-state index contributed by atoms with van der Waals surface area (Å²) in [6.07, 6.45) is 0. The molecule has 0 fully saturated rings. The molecule has 0 atom stereocenters. The summed E-state index contributed by atoms with van der Waals surface area (Å²) in [4.78, 5) is 5.85. The number of aromatic nitrogens is 1. The van der Waals surface area contributed by atoms with Crippen LogP contribution < -0.4 is 5.32 Å². The van der Waals surface area contributed by atoms with Gasteiger partial charge in [-0.3, -0.25) is 0 Å². The predicted molar refractivity (Wildman–Crippen MR) is 80.5 cm³/mol. The van der Waals surface area contributed by atoms with Gasteiger partial charge in [-0.15, -0.1) is 11.3 Å². The highest BCUT2D eigenvalue weighted by atomic mass is 32.1. The van der Waals surface area contributed by atoms with Gasteiger partial charge in [0.2, 0.25) is 0 Å². The van der Waals surface area contributed by atoms with Crippen molar-refractivity contribution in [3.05, 3.63) is 34.8 Å². The lowest BCUT2D eigenvalue weighted by Crippen LogP contribution is -2.18. The molecule has 2 N–H and O–H groups in total. The maximum atomic E-state index is 9.52. The van der Waals surface area contributed by atoms with Gasteiger partial charge in [0, 0.05) is 17.0 Å². The molecule has 0 unspecified atom stereocenters. The fraction of sp³-hybridized carbons (Fsp3) is 0.400. The molecule has 2 aromatic rings. The van der Waals surface area contributed by atoms with Crippen LogP contribution in [0.25, 0.3) is 10.6 Å². The number of phenolic OH excluding ortho intramolecular Hbond substituents is 1. The average molecular weight is 276 g/mol. The lowest BCUT2D eigenvalue weighted by Gasteiger charge is -2.05. The molecular formula is C15H20N2OS. The number of aryl methyl sites for hydroxylation is 1. The molecule has 0 aliphatic rings. The van der Waals surface area contributed by atoms with E-state index in [0.29, 0.717) is 5.92 Å². The summed E-state index contributed by atoms with van der Waals surface area (Å²) < 4.78 is 0. The standard InChI is InChI=1S/C15H20N2OS/c1-10(2)8-16-9-14-11(3)17-15(19-14)12-5-4-6-13(18)7-12/h4-7,10,16,18H,8-9H2,1-3H3. The van der Waals surface area contributed by atoms with E-state index in [1.165, 1.54) is 4.88 Å². The minimum atomic E-state index is 0.282. The van der Waals surface area contributed by atoms with E-state index >= 15 is 0 Å². The summed E-state index contributed by atoms with van der Waals surface area (Å²) in [5.74, 6) is 0.934. The maximum Gasteiger partial charge on any atom is 0.124 e. The number of phenols is 1. The Bertz CT molecular complexity index is 549. The first-order chi connectivity index (χ1) is 9.06. The number of hydrogen-bond acceptors (Lipinski definition) is 4. The van der Waals surface area contributed by atoms with Crippen molar-refractivity contribution >= 4 is 11.3 Å². The molecule has 1 heterocycles. The van der Waals surface area contributed by atoms with E-state index in [2.05, 4.69) is 24.1 Å². The van der Waals surface area contributed by atoms with Crippen LogP contribution in [0.3, 0.4) is 0 Å². The first kappa shape index (κ1) is 14.0. The third-order valence-corrected chi connectivity index (χ3v) is 4.03. The lowest BCUT2D eigenvalue weighted by molar-refractivity contribution is 0.475. The normalized spacial score (nSPS) is 11.2. The van der Waals surface area contributed by atoms with Gasteiger partial charge in [-0.2, -0.15) is 0 Å². The molecule has 1 aromatic carbocycles. The van der Waals surface area contributed by atoms with Crippen molar-refractivity contribution in [1.29, 1.82) is 0 Å². The minimum absolute atomic E-state index is 0.282. The van der Waals surface area contributed by atoms with Crippen molar-refractivity contribution in [3.63, 3.8) is 0 Å². The molecule has 0 aliphatic carbocycles. The van der Waals surface area contributed by atoms with E-state index in [0.717, 1.165) is 29.4 Å². The van der Waals surface area contributed by atoms with Crippen molar-refractivity contribution in [3.8, 4) is 16.3 Å². The number of aromatic hydroxyl groups is 1. The zero-order chi connectivity index (χ0) is 13.8. The molecular weight excluding hydrogens is 256 g/mol. The van der Waals surface area contributed by atoms with E-state index in [4.69, 9.17) is 0 Å². The summed E-state index contributed by atoms with van der Waals surface area (Å²) in [5, 5.41) is 13.9. The Morgan fingerprint density at radius 3 is 2.84 bits per heavy atom. The molecule has 19 heavy (non-hydrogen) atoms. The van der Waals surface area contributed by atoms with E-state index < -0.39 is 0 Å². The number of nitrogens with zero attached hydrogens (tertiary/aromatic N) is 1. The Labute approximate surface area is 118 Å². The van der Waals surface area contributed by atoms with Crippen molar-refractivity contribution in [2.75, 3.05) is 6.54 Å². The molecule has 102 valence electrons. The van der Waals surface area contributed by atoms with Crippen molar-refractivity contribution in [2.45, 2.75) is 27.3 Å². The minimum Gasteiger partial charge on any atom is -0.508 e. The second-order valence-electron chi connectivity index (χ2n) is 5.10. The number of thiazole rings is 1. The SMILES string of the molecule is Cc1nc(-c2cccc(O)c2)sc1CNCC(C)C. The molecule has 0 aliphatic heterocycles.